The van der Waals surface area contributed by atoms with Crippen molar-refractivity contribution in [3.05, 3.63) is 34.7 Å². The van der Waals surface area contributed by atoms with Gasteiger partial charge in [-0.05, 0) is 38.3 Å². The Bertz CT molecular complexity index is 1220. The summed E-state index contributed by atoms with van der Waals surface area (Å²) in [5.74, 6) is 0.489. The van der Waals surface area contributed by atoms with Crippen LogP contribution in [0.15, 0.2) is 24.5 Å². The van der Waals surface area contributed by atoms with Crippen LogP contribution in [0.5, 0.6) is 0 Å². The quantitative estimate of drug-likeness (QED) is 0.525. The van der Waals surface area contributed by atoms with E-state index < -0.39 is 0 Å². The standard InChI is InChI=1S/C24H29Cl2N7O/c1-3-24(14-34-15-24)32-8-6-31(7-9-32)20-11-18-16(10-17(20)25)12-27-22(29-18)30-19-13-28-33(21(19)26)23(2)4-5-23/h10-13H,3-9,14-15H2,1-2H3,(H,27,29,30). The van der Waals surface area contributed by atoms with Crippen molar-refractivity contribution in [1.29, 1.82) is 0 Å². The molecule has 8 nitrogen and oxygen atoms in total. The third-order valence-corrected chi connectivity index (χ3v) is 8.45. The first-order chi connectivity index (χ1) is 16.4. The summed E-state index contributed by atoms with van der Waals surface area (Å²) in [7, 11) is 0. The Labute approximate surface area is 209 Å². The molecule has 2 aromatic heterocycles. The maximum Gasteiger partial charge on any atom is 0.227 e. The van der Waals surface area contributed by atoms with Crippen LogP contribution in [0.25, 0.3) is 10.9 Å². The molecule has 4 heterocycles. The second kappa shape index (κ2) is 8.22. The summed E-state index contributed by atoms with van der Waals surface area (Å²) >= 11 is 13.3. The molecule has 2 saturated heterocycles. The lowest BCUT2D eigenvalue weighted by Crippen LogP contribution is -2.66. The van der Waals surface area contributed by atoms with Gasteiger partial charge in [0.1, 0.15) is 0 Å². The molecule has 0 radical (unpaired) electrons. The van der Waals surface area contributed by atoms with Gasteiger partial charge in [-0.3, -0.25) is 4.90 Å². The van der Waals surface area contributed by atoms with E-state index in [1.54, 1.807) is 12.4 Å². The predicted molar refractivity (Wildman–Crippen MR) is 136 cm³/mol. The van der Waals surface area contributed by atoms with Gasteiger partial charge in [-0.1, -0.05) is 30.1 Å². The second-order valence-electron chi connectivity index (χ2n) is 9.98. The Hall–Kier alpha value is -2.13. The highest BCUT2D eigenvalue weighted by Gasteiger charge is 2.43. The smallest absolute Gasteiger partial charge is 0.227 e. The summed E-state index contributed by atoms with van der Waals surface area (Å²) in [5.41, 5.74) is 2.82. The largest absolute Gasteiger partial charge is 0.377 e. The van der Waals surface area contributed by atoms with Crippen LogP contribution in [-0.2, 0) is 10.3 Å². The summed E-state index contributed by atoms with van der Waals surface area (Å²) in [6.07, 6.45) is 6.83. The molecule has 1 aliphatic carbocycles. The SMILES string of the molecule is CCC1(N2CCN(c3cc4nc(Nc5cnn(C6(C)CC6)c5Cl)ncc4cc3Cl)CC2)COC1. The van der Waals surface area contributed by atoms with Crippen LogP contribution >= 0.6 is 23.2 Å². The van der Waals surface area contributed by atoms with Gasteiger partial charge in [0, 0.05) is 37.8 Å². The minimum atomic E-state index is 0.0271. The normalized spacial score (nSPS) is 21.5. The van der Waals surface area contributed by atoms with Crippen LogP contribution in [-0.4, -0.2) is 69.6 Å². The number of hydrogen-bond donors (Lipinski definition) is 1. The Kier molecular flexibility index (Phi) is 5.40. The number of anilines is 3. The molecule has 10 heteroatoms. The number of halogens is 2. The summed E-state index contributed by atoms with van der Waals surface area (Å²) < 4.78 is 7.42. The molecule has 180 valence electrons. The number of fused-ring (bicyclic) bond motifs is 1. The zero-order valence-electron chi connectivity index (χ0n) is 19.5. The molecule has 1 N–H and O–H groups in total. The molecule has 0 amide bonds. The van der Waals surface area contributed by atoms with Crippen molar-refractivity contribution in [2.75, 3.05) is 49.6 Å². The Morgan fingerprint density at radius 2 is 1.85 bits per heavy atom. The lowest BCUT2D eigenvalue weighted by atomic mass is 9.91. The van der Waals surface area contributed by atoms with E-state index in [1.807, 2.05) is 10.7 Å². The fourth-order valence-electron chi connectivity index (χ4n) is 5.02. The Morgan fingerprint density at radius 3 is 2.50 bits per heavy atom. The first kappa shape index (κ1) is 22.3. The van der Waals surface area contributed by atoms with Crippen LogP contribution < -0.4 is 10.2 Å². The third-order valence-electron chi connectivity index (χ3n) is 7.78. The summed E-state index contributed by atoms with van der Waals surface area (Å²) in [5, 5.41) is 9.92. The van der Waals surface area contributed by atoms with Crippen molar-refractivity contribution in [1.82, 2.24) is 24.6 Å². The number of ether oxygens (including phenoxy) is 1. The molecule has 0 unspecified atom stereocenters. The molecule has 2 aliphatic heterocycles. The van der Waals surface area contributed by atoms with Crippen molar-refractivity contribution in [3.8, 4) is 0 Å². The van der Waals surface area contributed by atoms with Crippen LogP contribution in [0.4, 0.5) is 17.3 Å². The highest BCUT2D eigenvalue weighted by molar-refractivity contribution is 6.34. The molecule has 0 bridgehead atoms. The molecule has 3 fully saturated rings. The molecule has 34 heavy (non-hydrogen) atoms. The fraction of sp³-hybridized carbons (Fsp3) is 0.542. The number of aromatic nitrogens is 4. The minimum absolute atomic E-state index is 0.0271. The number of hydrogen-bond acceptors (Lipinski definition) is 7. The van der Waals surface area contributed by atoms with Crippen molar-refractivity contribution in [2.45, 2.75) is 44.2 Å². The molecule has 3 aliphatic rings. The van der Waals surface area contributed by atoms with Gasteiger partial charge in [0.15, 0.2) is 5.15 Å². The Morgan fingerprint density at radius 1 is 1.09 bits per heavy atom. The number of nitrogens with zero attached hydrogens (tertiary/aromatic N) is 6. The van der Waals surface area contributed by atoms with Gasteiger partial charge >= 0.3 is 0 Å². The average molecular weight is 502 g/mol. The van der Waals surface area contributed by atoms with Crippen LogP contribution in [0.1, 0.15) is 33.1 Å². The summed E-state index contributed by atoms with van der Waals surface area (Å²) in [6.45, 7) is 9.96. The van der Waals surface area contributed by atoms with Gasteiger partial charge in [0.05, 0.1) is 52.4 Å². The lowest BCUT2D eigenvalue weighted by Gasteiger charge is -2.52. The van der Waals surface area contributed by atoms with E-state index in [2.05, 4.69) is 45.1 Å². The molecular weight excluding hydrogens is 473 g/mol. The maximum atomic E-state index is 6.70. The summed E-state index contributed by atoms with van der Waals surface area (Å²) in [4.78, 5) is 14.2. The monoisotopic (exact) mass is 501 g/mol. The van der Waals surface area contributed by atoms with Gasteiger partial charge < -0.3 is 15.0 Å². The first-order valence-corrected chi connectivity index (χ1v) is 12.7. The van der Waals surface area contributed by atoms with Gasteiger partial charge in [0.2, 0.25) is 5.95 Å². The van der Waals surface area contributed by atoms with E-state index in [0.717, 1.165) is 80.3 Å². The van der Waals surface area contributed by atoms with Crippen LogP contribution in [0.3, 0.4) is 0 Å². The van der Waals surface area contributed by atoms with E-state index in [4.69, 9.17) is 32.9 Å². The van der Waals surface area contributed by atoms with Crippen LogP contribution in [0, 0.1) is 0 Å². The number of nitrogens with one attached hydrogen (secondary N) is 1. The number of benzene rings is 1. The zero-order valence-corrected chi connectivity index (χ0v) is 21.0. The molecule has 1 aromatic carbocycles. The molecular formula is C24H29Cl2N7O. The number of rotatable bonds is 6. The maximum absolute atomic E-state index is 6.70. The molecule has 0 atom stereocenters. The van der Waals surface area contributed by atoms with Gasteiger partial charge in [0.25, 0.3) is 0 Å². The summed E-state index contributed by atoms with van der Waals surface area (Å²) in [6, 6.07) is 4.02. The van der Waals surface area contributed by atoms with Crippen molar-refractivity contribution >= 4 is 51.4 Å². The van der Waals surface area contributed by atoms with Gasteiger partial charge in [-0.25, -0.2) is 14.6 Å². The number of piperazine rings is 1. The highest BCUT2D eigenvalue weighted by atomic mass is 35.5. The topological polar surface area (TPSA) is 71.3 Å². The highest BCUT2D eigenvalue weighted by Crippen LogP contribution is 2.45. The second-order valence-corrected chi connectivity index (χ2v) is 10.7. The van der Waals surface area contributed by atoms with Crippen molar-refractivity contribution < 1.29 is 4.74 Å². The minimum Gasteiger partial charge on any atom is -0.377 e. The molecule has 6 rings (SSSR count). The van der Waals surface area contributed by atoms with Gasteiger partial charge in [-0.2, -0.15) is 5.10 Å². The lowest BCUT2D eigenvalue weighted by molar-refractivity contribution is -0.143. The van der Waals surface area contributed by atoms with E-state index in [9.17, 15) is 0 Å². The van der Waals surface area contributed by atoms with Crippen molar-refractivity contribution in [3.63, 3.8) is 0 Å². The molecule has 1 saturated carbocycles. The third kappa shape index (κ3) is 3.71. The van der Waals surface area contributed by atoms with Crippen molar-refractivity contribution in [2.24, 2.45) is 0 Å². The fourth-order valence-corrected chi connectivity index (χ4v) is 5.65. The van der Waals surface area contributed by atoms with E-state index in [0.29, 0.717) is 16.8 Å². The van der Waals surface area contributed by atoms with Gasteiger partial charge in [-0.15, -0.1) is 0 Å². The molecule has 0 spiro atoms. The van der Waals surface area contributed by atoms with E-state index in [1.165, 1.54) is 0 Å². The average Bonchev–Trinajstić information content (AvgIpc) is 3.45. The van der Waals surface area contributed by atoms with E-state index >= 15 is 0 Å². The Balaban J connectivity index is 1.22. The first-order valence-electron chi connectivity index (χ1n) is 12.0. The molecule has 3 aromatic rings. The van der Waals surface area contributed by atoms with E-state index in [-0.39, 0.29) is 11.1 Å². The van der Waals surface area contributed by atoms with Crippen LogP contribution in [0.2, 0.25) is 10.2 Å². The zero-order chi connectivity index (χ0) is 23.5. The predicted octanol–water partition coefficient (Wildman–Crippen LogP) is 4.69.